The molecule has 11 heteroatoms. The van der Waals surface area contributed by atoms with Gasteiger partial charge in [-0.25, -0.2) is 26.1 Å². The number of pyridine rings is 1. The number of benzene rings is 1. The summed E-state index contributed by atoms with van der Waals surface area (Å²) in [5, 5.41) is 9.90. The fourth-order valence-corrected chi connectivity index (χ4v) is 4.62. The fraction of sp³-hybridized carbons (Fsp3) is 0.267. The van der Waals surface area contributed by atoms with Gasteiger partial charge in [0.1, 0.15) is 0 Å². The van der Waals surface area contributed by atoms with E-state index >= 15 is 0 Å². The van der Waals surface area contributed by atoms with Crippen LogP contribution in [0.1, 0.15) is 13.8 Å². The topological polar surface area (TPSA) is 105 Å². The van der Waals surface area contributed by atoms with Gasteiger partial charge in [0.15, 0.2) is 21.4 Å². The lowest BCUT2D eigenvalue weighted by atomic mass is 10.3. The van der Waals surface area contributed by atoms with Crippen molar-refractivity contribution in [3.63, 3.8) is 0 Å². The summed E-state index contributed by atoms with van der Waals surface area (Å²) < 4.78 is 49.7. The zero-order chi connectivity index (χ0) is 19.9. The van der Waals surface area contributed by atoms with E-state index in [2.05, 4.69) is 4.98 Å². The number of hydrogen-bond acceptors (Lipinski definition) is 6. The molecule has 2 rings (SSSR count). The van der Waals surface area contributed by atoms with Gasteiger partial charge in [0.25, 0.3) is 0 Å². The first-order chi connectivity index (χ1) is 11.8. The van der Waals surface area contributed by atoms with E-state index in [0.29, 0.717) is 0 Å². The predicted molar refractivity (Wildman–Crippen MR) is 102 cm³/mol. The highest BCUT2D eigenvalue weighted by Gasteiger charge is 2.27. The Bertz CT molecular complexity index is 1030. The normalized spacial score (nSPS) is 12.4. The van der Waals surface area contributed by atoms with Gasteiger partial charge in [-0.2, -0.15) is 0 Å². The van der Waals surface area contributed by atoms with Gasteiger partial charge in [-0.15, -0.1) is 0 Å². The second-order valence-electron chi connectivity index (χ2n) is 5.76. The lowest BCUT2D eigenvalue weighted by Gasteiger charge is -2.23. The summed E-state index contributed by atoms with van der Waals surface area (Å²) in [7, 11) is -7.64. The van der Waals surface area contributed by atoms with Crippen molar-refractivity contribution in [3.8, 4) is 5.75 Å². The maximum Gasteiger partial charge on any atom is 0.237 e. The lowest BCUT2D eigenvalue weighted by molar-refractivity contribution is 0.471. The first-order valence-corrected chi connectivity index (χ1v) is 11.4. The highest BCUT2D eigenvalue weighted by Crippen LogP contribution is 2.37. The van der Waals surface area contributed by atoms with Crippen LogP contribution >= 0.6 is 23.2 Å². The molecule has 0 saturated carbocycles. The molecule has 0 aliphatic carbocycles. The summed E-state index contributed by atoms with van der Waals surface area (Å²) in [4.78, 5) is 3.64. The summed E-state index contributed by atoms with van der Waals surface area (Å²) in [6, 6.07) is 5.03. The number of sulfonamides is 1. The van der Waals surface area contributed by atoms with E-state index in [9.17, 15) is 21.9 Å². The van der Waals surface area contributed by atoms with Crippen molar-refractivity contribution < 1.29 is 21.9 Å². The Balaban J connectivity index is 2.68. The summed E-state index contributed by atoms with van der Waals surface area (Å²) in [5.41, 5.74) is 0.0484. The molecule has 0 fully saturated rings. The van der Waals surface area contributed by atoms with Crippen LogP contribution in [-0.2, 0) is 19.9 Å². The van der Waals surface area contributed by atoms with Crippen molar-refractivity contribution in [2.24, 2.45) is 0 Å². The average molecular weight is 439 g/mol. The Kier molecular flexibility index (Phi) is 5.77. The van der Waals surface area contributed by atoms with E-state index in [-0.39, 0.29) is 26.4 Å². The maximum atomic E-state index is 12.3. The number of rotatable bonds is 5. The molecule has 0 atom stereocenters. The molecular formula is C15H16Cl2N2O5S2. The quantitative estimate of drug-likeness (QED) is 0.766. The molecule has 0 amide bonds. The second kappa shape index (κ2) is 7.22. The van der Waals surface area contributed by atoms with Crippen LogP contribution in [0, 0.1) is 0 Å². The zero-order valence-corrected chi connectivity index (χ0v) is 17.2. The van der Waals surface area contributed by atoms with Gasteiger partial charge in [-0.05, 0) is 32.0 Å². The number of hydrogen-bond donors (Lipinski definition) is 1. The summed E-state index contributed by atoms with van der Waals surface area (Å²) in [6.45, 7) is 2.97. The van der Waals surface area contributed by atoms with Crippen LogP contribution in [0.4, 0.5) is 11.5 Å². The van der Waals surface area contributed by atoms with Crippen molar-refractivity contribution in [1.82, 2.24) is 4.98 Å². The number of aromatic nitrogens is 1. The van der Waals surface area contributed by atoms with E-state index in [1.54, 1.807) is 0 Å². The van der Waals surface area contributed by atoms with Gasteiger partial charge in [-0.3, -0.25) is 0 Å². The van der Waals surface area contributed by atoms with Crippen molar-refractivity contribution >= 4 is 54.6 Å². The summed E-state index contributed by atoms with van der Waals surface area (Å²) >= 11 is 11.8. The Hall–Kier alpha value is -1.55. The minimum atomic E-state index is -3.95. The van der Waals surface area contributed by atoms with Crippen LogP contribution in [0.3, 0.4) is 0 Å². The molecule has 0 spiro atoms. The van der Waals surface area contributed by atoms with Crippen molar-refractivity contribution in [1.29, 1.82) is 0 Å². The van der Waals surface area contributed by atoms with Crippen molar-refractivity contribution in [2.45, 2.75) is 24.0 Å². The highest BCUT2D eigenvalue weighted by molar-refractivity contribution is 7.92. The smallest absolute Gasteiger partial charge is 0.237 e. The predicted octanol–water partition coefficient (Wildman–Crippen LogP) is 3.37. The molecule has 2 aromatic rings. The van der Waals surface area contributed by atoms with E-state index in [4.69, 9.17) is 23.2 Å². The number of anilines is 2. The number of halogens is 2. The van der Waals surface area contributed by atoms with Gasteiger partial charge in [-0.1, -0.05) is 23.2 Å². The molecule has 1 heterocycles. The molecule has 26 heavy (non-hydrogen) atoms. The maximum absolute atomic E-state index is 12.3. The van der Waals surface area contributed by atoms with Crippen molar-refractivity contribution in [2.75, 3.05) is 10.6 Å². The monoisotopic (exact) mass is 438 g/mol. The van der Waals surface area contributed by atoms with E-state index < -0.39 is 30.9 Å². The van der Waals surface area contributed by atoms with Crippen LogP contribution < -0.4 is 4.31 Å². The number of aromatic hydroxyl groups is 1. The molecule has 0 aliphatic heterocycles. The van der Waals surface area contributed by atoms with Gasteiger partial charge in [0, 0.05) is 22.3 Å². The molecule has 1 aromatic carbocycles. The van der Waals surface area contributed by atoms with Crippen molar-refractivity contribution in [3.05, 3.63) is 40.5 Å². The fourth-order valence-electron chi connectivity index (χ4n) is 2.14. The second-order valence-corrected chi connectivity index (χ2v) is 11.0. The molecule has 7 nitrogen and oxygen atoms in total. The van der Waals surface area contributed by atoms with E-state index in [0.717, 1.165) is 22.8 Å². The van der Waals surface area contributed by atoms with Crippen LogP contribution in [0.15, 0.2) is 35.4 Å². The van der Waals surface area contributed by atoms with Crippen LogP contribution in [0.25, 0.3) is 0 Å². The highest BCUT2D eigenvalue weighted by atomic mass is 35.5. The molecule has 0 radical (unpaired) electrons. The Morgan fingerprint density at radius 2 is 1.58 bits per heavy atom. The SMILES string of the molecule is CC(C)S(=O)(=O)c1cnc(N(c2cc(Cl)cc(Cl)c2)S(C)(=O)=O)c(O)c1. The number of sulfone groups is 1. The van der Waals surface area contributed by atoms with Gasteiger partial charge in [0.05, 0.1) is 22.1 Å². The van der Waals surface area contributed by atoms with Gasteiger partial charge >= 0.3 is 0 Å². The first kappa shape index (κ1) is 20.8. The Labute approximate surface area is 162 Å². The van der Waals surface area contributed by atoms with E-state index in [1.165, 1.54) is 32.0 Å². The van der Waals surface area contributed by atoms with E-state index in [1.807, 2.05) is 0 Å². The van der Waals surface area contributed by atoms with Crippen LogP contribution in [0.5, 0.6) is 5.75 Å². The minimum Gasteiger partial charge on any atom is -0.504 e. The van der Waals surface area contributed by atoms with Crippen LogP contribution in [0.2, 0.25) is 10.0 Å². The molecule has 0 bridgehead atoms. The molecule has 142 valence electrons. The average Bonchev–Trinajstić information content (AvgIpc) is 2.46. The molecule has 1 N–H and O–H groups in total. The Morgan fingerprint density at radius 1 is 1.04 bits per heavy atom. The standard InChI is InChI=1S/C15H16Cl2N2O5S2/c1-9(2)26(23,24)13-7-14(20)15(18-8-13)19(25(3,21)22)12-5-10(16)4-11(17)6-12/h4-9,20H,1-3H3. The lowest BCUT2D eigenvalue weighted by Crippen LogP contribution is -2.26. The third-order valence-corrected chi connectivity index (χ3v) is 6.98. The Morgan fingerprint density at radius 3 is 2.00 bits per heavy atom. The zero-order valence-electron chi connectivity index (χ0n) is 14.0. The summed E-state index contributed by atoms with van der Waals surface area (Å²) in [5.74, 6) is -0.984. The molecule has 0 saturated heterocycles. The minimum absolute atomic E-state index is 0.0484. The molecule has 0 unspecified atom stereocenters. The summed E-state index contributed by atoms with van der Waals surface area (Å²) in [6.07, 6.45) is 1.90. The molecule has 1 aromatic heterocycles. The number of nitrogens with zero attached hydrogens (tertiary/aromatic N) is 2. The van der Waals surface area contributed by atoms with Crippen LogP contribution in [-0.4, -0.2) is 38.4 Å². The van der Waals surface area contributed by atoms with Gasteiger partial charge in [0.2, 0.25) is 10.0 Å². The largest absolute Gasteiger partial charge is 0.504 e. The first-order valence-electron chi connectivity index (χ1n) is 7.23. The third kappa shape index (κ3) is 4.22. The third-order valence-electron chi connectivity index (χ3n) is 3.38. The molecule has 0 aliphatic rings. The molecular weight excluding hydrogens is 423 g/mol. The van der Waals surface area contributed by atoms with Gasteiger partial charge < -0.3 is 5.11 Å².